The van der Waals surface area contributed by atoms with Crippen LogP contribution in [0.1, 0.15) is 44.0 Å². The fourth-order valence-corrected chi connectivity index (χ4v) is 4.96. The maximum atomic E-state index is 12.7. The first-order chi connectivity index (χ1) is 13.7. The van der Waals surface area contributed by atoms with E-state index in [1.807, 2.05) is 57.2 Å². The van der Waals surface area contributed by atoms with Gasteiger partial charge in [-0.05, 0) is 0 Å². The predicted molar refractivity (Wildman–Crippen MR) is 116 cm³/mol. The van der Waals surface area contributed by atoms with Crippen LogP contribution in [-0.4, -0.2) is 49.7 Å². The van der Waals surface area contributed by atoms with Crippen molar-refractivity contribution in [3.05, 3.63) is 66.2 Å². The van der Waals surface area contributed by atoms with Crippen LogP contribution in [0.25, 0.3) is 0 Å². The summed E-state index contributed by atoms with van der Waals surface area (Å²) in [6, 6.07) is 18.7. The molecule has 0 unspecified atom stereocenters. The van der Waals surface area contributed by atoms with Gasteiger partial charge in [0, 0.05) is 0 Å². The molecule has 5 nitrogen and oxygen atoms in total. The minimum absolute atomic E-state index is 0.129. The quantitative estimate of drug-likeness (QED) is 0.532. The average Bonchev–Trinajstić information content (AvgIpc) is 2.68. The van der Waals surface area contributed by atoms with Gasteiger partial charge < -0.3 is 0 Å². The van der Waals surface area contributed by atoms with Crippen LogP contribution in [0.3, 0.4) is 0 Å². The fraction of sp³-hybridized carbons (Fsp3) is 0.391. The number of carboxylic acid groups (broad SMARTS) is 1. The van der Waals surface area contributed by atoms with Crippen LogP contribution < -0.4 is 9.78 Å². The van der Waals surface area contributed by atoms with E-state index in [2.05, 4.69) is 5.32 Å². The molecule has 1 amide bonds. The van der Waals surface area contributed by atoms with Crippen LogP contribution in [0.15, 0.2) is 60.7 Å². The second kappa shape index (κ2) is 10.6. The number of rotatable bonds is 10. The molecule has 0 saturated heterocycles. The number of benzene rings is 2. The van der Waals surface area contributed by atoms with Crippen molar-refractivity contribution >= 4 is 31.3 Å². The second-order valence-electron chi connectivity index (χ2n) is 7.83. The molecule has 0 bridgehead atoms. The Morgan fingerprint density at radius 3 is 2.10 bits per heavy atom. The van der Waals surface area contributed by atoms with Gasteiger partial charge in [0.1, 0.15) is 0 Å². The van der Waals surface area contributed by atoms with Crippen molar-refractivity contribution in [1.82, 2.24) is 5.32 Å². The third kappa shape index (κ3) is 7.65. The molecule has 0 heterocycles. The molecule has 2 aromatic rings. The Kier molecular flexibility index (Phi) is 8.45. The monoisotopic (exact) mass is 463 g/mol. The van der Waals surface area contributed by atoms with Crippen LogP contribution in [0, 0.1) is 0 Å². The first kappa shape index (κ1) is 23.1. The number of carbonyl (C=O) groups excluding carboxylic acids is 1. The van der Waals surface area contributed by atoms with E-state index in [1.165, 1.54) is 4.46 Å². The third-order valence-electron chi connectivity index (χ3n) is 4.40. The molecule has 0 saturated carbocycles. The molecule has 2 rings (SSSR count). The number of amides is 1. The Morgan fingerprint density at radius 2 is 1.55 bits per heavy atom. The number of carboxylic acids is 1. The third-order valence-corrected chi connectivity index (χ3v) is 6.53. The Hall–Kier alpha value is -2.14. The molecule has 156 valence electrons. The molecular formula is C23H29NO4Se. The Balaban J connectivity index is 2.15. The summed E-state index contributed by atoms with van der Waals surface area (Å²) in [7, 11) is 0. The Morgan fingerprint density at radius 1 is 0.966 bits per heavy atom. The van der Waals surface area contributed by atoms with E-state index in [9.17, 15) is 14.7 Å². The molecule has 2 N–H and O–H groups in total. The van der Waals surface area contributed by atoms with Gasteiger partial charge in [0.2, 0.25) is 0 Å². The number of ether oxygens (including phenoxy) is 1. The van der Waals surface area contributed by atoms with Crippen LogP contribution >= 0.6 is 0 Å². The zero-order valence-electron chi connectivity index (χ0n) is 17.2. The average molecular weight is 462 g/mol. The van der Waals surface area contributed by atoms with Crippen molar-refractivity contribution in [2.45, 2.75) is 50.1 Å². The van der Waals surface area contributed by atoms with E-state index in [0.29, 0.717) is 17.3 Å². The van der Waals surface area contributed by atoms with Crippen molar-refractivity contribution in [2.24, 2.45) is 0 Å². The molecular weight excluding hydrogens is 433 g/mol. The van der Waals surface area contributed by atoms with E-state index in [1.54, 1.807) is 24.3 Å². The van der Waals surface area contributed by atoms with E-state index >= 15 is 0 Å². The summed E-state index contributed by atoms with van der Waals surface area (Å²) < 4.78 is 6.99. The Bertz CT molecular complexity index is 790. The van der Waals surface area contributed by atoms with Gasteiger partial charge in [0.05, 0.1) is 0 Å². The van der Waals surface area contributed by atoms with Crippen LogP contribution in [-0.2, 0) is 9.53 Å². The molecule has 0 aromatic heterocycles. The standard InChI is InChI=1S/C23H29NO4Se/c1-22(2,3)28-16-14-23(21(26)27,15-17-29-19-12-8-5-9-13-19)24-20(25)18-10-6-4-7-11-18/h4-13H,14-17H2,1-3H3,(H,24,25)(H,26,27)/t23-/m1/s1. The molecule has 0 spiro atoms. The number of carbonyl (C=O) groups is 2. The maximum absolute atomic E-state index is 12.7. The molecule has 0 aliphatic heterocycles. The summed E-state index contributed by atoms with van der Waals surface area (Å²) in [6.07, 6.45) is 0.562. The summed E-state index contributed by atoms with van der Waals surface area (Å²) in [5.74, 6) is -1.40. The first-order valence-electron chi connectivity index (χ1n) is 9.65. The molecule has 0 aliphatic carbocycles. The van der Waals surface area contributed by atoms with Crippen LogP contribution in [0.5, 0.6) is 0 Å². The van der Waals surface area contributed by atoms with Gasteiger partial charge in [-0.3, -0.25) is 0 Å². The predicted octanol–water partition coefficient (Wildman–Crippen LogP) is 3.28. The summed E-state index contributed by atoms with van der Waals surface area (Å²) in [4.78, 5) is 25.1. The van der Waals surface area contributed by atoms with Crippen molar-refractivity contribution in [1.29, 1.82) is 0 Å². The SMILES string of the molecule is CC(C)(C)OCC[C@](CC[Se]c1ccccc1)(NC(=O)c1ccccc1)C(=O)O. The summed E-state index contributed by atoms with van der Waals surface area (Å²) in [5, 5.41) is 13.6. The van der Waals surface area contributed by atoms with Crippen molar-refractivity contribution in [3.63, 3.8) is 0 Å². The molecule has 0 radical (unpaired) electrons. The molecule has 0 aliphatic rings. The van der Waals surface area contributed by atoms with E-state index in [0.717, 1.165) is 0 Å². The van der Waals surface area contributed by atoms with Gasteiger partial charge in [0.25, 0.3) is 0 Å². The molecule has 29 heavy (non-hydrogen) atoms. The van der Waals surface area contributed by atoms with Gasteiger partial charge in [-0.25, -0.2) is 0 Å². The summed E-state index contributed by atoms with van der Waals surface area (Å²) >= 11 is 0.129. The van der Waals surface area contributed by atoms with Gasteiger partial charge in [-0.2, -0.15) is 0 Å². The summed E-state index contributed by atoms with van der Waals surface area (Å²) in [6.45, 7) is 6.03. The minimum atomic E-state index is -1.37. The van der Waals surface area contributed by atoms with Crippen molar-refractivity contribution < 1.29 is 19.4 Å². The van der Waals surface area contributed by atoms with Gasteiger partial charge in [0.15, 0.2) is 0 Å². The molecule has 2 aromatic carbocycles. The van der Waals surface area contributed by atoms with Crippen molar-refractivity contribution in [2.75, 3.05) is 6.61 Å². The second-order valence-corrected chi connectivity index (χ2v) is 10.3. The number of hydrogen-bond donors (Lipinski definition) is 2. The Labute approximate surface area is 179 Å². The van der Waals surface area contributed by atoms with E-state index in [-0.39, 0.29) is 39.5 Å². The van der Waals surface area contributed by atoms with Crippen LogP contribution in [0.4, 0.5) is 0 Å². The zero-order valence-corrected chi connectivity index (χ0v) is 18.9. The first-order valence-corrected chi connectivity index (χ1v) is 11.7. The molecule has 6 heteroatoms. The number of hydrogen-bond acceptors (Lipinski definition) is 3. The molecule has 0 fully saturated rings. The fourth-order valence-electron chi connectivity index (χ4n) is 2.79. The van der Waals surface area contributed by atoms with Crippen molar-refractivity contribution in [3.8, 4) is 0 Å². The van der Waals surface area contributed by atoms with Gasteiger partial charge in [-0.15, -0.1) is 0 Å². The zero-order chi connectivity index (χ0) is 21.3. The van der Waals surface area contributed by atoms with Gasteiger partial charge >= 0.3 is 179 Å². The van der Waals surface area contributed by atoms with E-state index in [4.69, 9.17) is 4.74 Å². The molecule has 1 atom stereocenters. The van der Waals surface area contributed by atoms with E-state index < -0.39 is 11.5 Å². The number of aliphatic carboxylic acids is 1. The normalized spacial score (nSPS) is 13.5. The number of nitrogens with one attached hydrogen (secondary N) is 1. The topological polar surface area (TPSA) is 75.6 Å². The van der Waals surface area contributed by atoms with Crippen LogP contribution in [0.2, 0.25) is 5.32 Å². The van der Waals surface area contributed by atoms with Gasteiger partial charge in [-0.1, -0.05) is 0 Å². The summed E-state index contributed by atoms with van der Waals surface area (Å²) in [5.41, 5.74) is -1.29.